The van der Waals surface area contributed by atoms with Gasteiger partial charge in [0, 0.05) is 19.2 Å². The van der Waals surface area contributed by atoms with Gasteiger partial charge in [0.25, 0.3) is 0 Å². The lowest BCUT2D eigenvalue weighted by Gasteiger charge is -2.40. The SMILES string of the molecule is O=C(NCc1cc(C(F)(F)F)on1)N1CCCC(C2CCC2)C1. The Morgan fingerprint density at radius 1 is 1.30 bits per heavy atom. The highest BCUT2D eigenvalue weighted by Crippen LogP contribution is 2.37. The minimum Gasteiger partial charge on any atom is -0.351 e. The van der Waals surface area contributed by atoms with Gasteiger partial charge in [0.2, 0.25) is 5.76 Å². The molecule has 1 saturated carbocycles. The monoisotopic (exact) mass is 331 g/mol. The summed E-state index contributed by atoms with van der Waals surface area (Å²) in [4.78, 5) is 13.9. The molecule has 1 unspecified atom stereocenters. The van der Waals surface area contributed by atoms with Crippen LogP contribution in [-0.4, -0.2) is 29.2 Å². The first-order chi connectivity index (χ1) is 10.9. The minimum atomic E-state index is -4.56. The first-order valence-corrected chi connectivity index (χ1v) is 7.99. The van der Waals surface area contributed by atoms with E-state index in [4.69, 9.17) is 0 Å². The lowest BCUT2D eigenvalue weighted by molar-refractivity contribution is -0.155. The summed E-state index contributed by atoms with van der Waals surface area (Å²) in [5.74, 6) is 0.146. The average molecular weight is 331 g/mol. The molecule has 1 saturated heterocycles. The Hall–Kier alpha value is -1.73. The van der Waals surface area contributed by atoms with Crippen molar-refractivity contribution in [2.75, 3.05) is 13.1 Å². The number of rotatable bonds is 3. The van der Waals surface area contributed by atoms with E-state index in [2.05, 4.69) is 15.0 Å². The van der Waals surface area contributed by atoms with Crippen LogP contribution in [0.2, 0.25) is 0 Å². The van der Waals surface area contributed by atoms with E-state index in [1.807, 2.05) is 0 Å². The van der Waals surface area contributed by atoms with Gasteiger partial charge in [-0.15, -0.1) is 0 Å². The number of hydrogen-bond donors (Lipinski definition) is 1. The van der Waals surface area contributed by atoms with Crippen LogP contribution in [0.15, 0.2) is 10.6 Å². The van der Waals surface area contributed by atoms with Gasteiger partial charge in [0.1, 0.15) is 5.69 Å². The summed E-state index contributed by atoms with van der Waals surface area (Å²) in [6, 6.07) is 0.568. The Kier molecular flexibility index (Phi) is 4.50. The molecule has 1 atom stereocenters. The van der Waals surface area contributed by atoms with E-state index < -0.39 is 11.9 Å². The minimum absolute atomic E-state index is 0.0665. The van der Waals surface area contributed by atoms with Gasteiger partial charge in [-0.1, -0.05) is 24.4 Å². The number of urea groups is 1. The number of likely N-dealkylation sites (tertiary alicyclic amines) is 1. The first-order valence-electron chi connectivity index (χ1n) is 7.99. The number of nitrogens with zero attached hydrogens (tertiary/aromatic N) is 2. The molecule has 128 valence electrons. The van der Waals surface area contributed by atoms with Crippen LogP contribution in [0.5, 0.6) is 0 Å². The standard InChI is InChI=1S/C15H20F3N3O2/c16-15(17,18)13-7-12(20-23-13)8-19-14(22)21-6-2-5-11(9-21)10-3-1-4-10/h7,10-11H,1-6,8-9H2,(H,19,22). The molecule has 0 aromatic carbocycles. The molecule has 1 aliphatic heterocycles. The number of nitrogens with one attached hydrogen (secondary N) is 1. The van der Waals surface area contributed by atoms with E-state index in [0.29, 0.717) is 12.5 Å². The van der Waals surface area contributed by atoms with E-state index in [1.165, 1.54) is 19.3 Å². The Morgan fingerprint density at radius 3 is 2.65 bits per heavy atom. The summed E-state index contributed by atoms with van der Waals surface area (Å²) in [6.45, 7) is 1.37. The van der Waals surface area contributed by atoms with Crippen molar-refractivity contribution >= 4 is 6.03 Å². The second-order valence-electron chi connectivity index (χ2n) is 6.38. The van der Waals surface area contributed by atoms with E-state index in [1.54, 1.807) is 4.90 Å². The van der Waals surface area contributed by atoms with Crippen molar-refractivity contribution in [3.63, 3.8) is 0 Å². The largest absolute Gasteiger partial charge is 0.452 e. The molecule has 3 rings (SSSR count). The van der Waals surface area contributed by atoms with Crippen LogP contribution < -0.4 is 5.32 Å². The van der Waals surface area contributed by atoms with Gasteiger partial charge in [-0.05, 0) is 24.7 Å². The van der Waals surface area contributed by atoms with E-state index in [0.717, 1.165) is 31.4 Å². The molecule has 23 heavy (non-hydrogen) atoms. The third kappa shape index (κ3) is 3.79. The fourth-order valence-electron chi connectivity index (χ4n) is 3.30. The molecule has 1 N–H and O–H groups in total. The highest BCUT2D eigenvalue weighted by molar-refractivity contribution is 5.74. The van der Waals surface area contributed by atoms with Gasteiger partial charge in [-0.3, -0.25) is 0 Å². The summed E-state index contributed by atoms with van der Waals surface area (Å²) >= 11 is 0. The van der Waals surface area contributed by atoms with E-state index in [-0.39, 0.29) is 18.3 Å². The molecule has 1 aliphatic carbocycles. The van der Waals surface area contributed by atoms with Crippen molar-refractivity contribution in [1.82, 2.24) is 15.4 Å². The highest BCUT2D eigenvalue weighted by Gasteiger charge is 2.36. The van der Waals surface area contributed by atoms with Crippen LogP contribution in [0, 0.1) is 11.8 Å². The van der Waals surface area contributed by atoms with Crippen molar-refractivity contribution in [1.29, 1.82) is 0 Å². The number of hydrogen-bond acceptors (Lipinski definition) is 3. The third-order valence-corrected chi connectivity index (χ3v) is 4.82. The van der Waals surface area contributed by atoms with Crippen LogP contribution in [0.1, 0.15) is 43.6 Å². The van der Waals surface area contributed by atoms with Crippen molar-refractivity contribution in [2.45, 2.75) is 44.8 Å². The summed E-state index contributed by atoms with van der Waals surface area (Å²) < 4.78 is 41.5. The van der Waals surface area contributed by atoms with E-state index in [9.17, 15) is 18.0 Å². The number of aromatic nitrogens is 1. The van der Waals surface area contributed by atoms with Crippen LogP contribution in [-0.2, 0) is 12.7 Å². The predicted molar refractivity (Wildman–Crippen MR) is 75.4 cm³/mol. The summed E-state index contributed by atoms with van der Waals surface area (Å²) in [6.07, 6.45) is 1.36. The molecule has 2 fully saturated rings. The van der Waals surface area contributed by atoms with Crippen molar-refractivity contribution in [3.8, 4) is 0 Å². The smallest absolute Gasteiger partial charge is 0.351 e. The topological polar surface area (TPSA) is 58.4 Å². The van der Waals surface area contributed by atoms with Crippen molar-refractivity contribution in [3.05, 3.63) is 17.5 Å². The maximum absolute atomic E-state index is 12.4. The zero-order valence-electron chi connectivity index (χ0n) is 12.7. The number of halogens is 3. The molecule has 0 radical (unpaired) electrons. The zero-order chi connectivity index (χ0) is 16.4. The second-order valence-corrected chi connectivity index (χ2v) is 6.38. The quantitative estimate of drug-likeness (QED) is 0.923. The molecule has 0 spiro atoms. The lowest BCUT2D eigenvalue weighted by Crippen LogP contribution is -2.47. The number of amides is 2. The van der Waals surface area contributed by atoms with Crippen molar-refractivity contribution < 1.29 is 22.5 Å². The van der Waals surface area contributed by atoms with Crippen LogP contribution in [0.3, 0.4) is 0 Å². The number of piperidine rings is 1. The summed E-state index contributed by atoms with van der Waals surface area (Å²) in [5.41, 5.74) is 0.0678. The molecule has 1 aromatic rings. The van der Waals surface area contributed by atoms with Gasteiger partial charge in [-0.2, -0.15) is 13.2 Å². The second kappa shape index (κ2) is 6.41. The fraction of sp³-hybridized carbons (Fsp3) is 0.733. The van der Waals surface area contributed by atoms with Gasteiger partial charge >= 0.3 is 12.2 Å². The van der Waals surface area contributed by atoms with Crippen molar-refractivity contribution in [2.24, 2.45) is 11.8 Å². The Bertz CT molecular complexity index is 554. The molecular formula is C15H20F3N3O2. The predicted octanol–water partition coefficient (Wildman–Crippen LogP) is 3.42. The molecule has 2 amide bonds. The molecule has 5 nitrogen and oxygen atoms in total. The maximum atomic E-state index is 12.4. The van der Waals surface area contributed by atoms with Gasteiger partial charge < -0.3 is 14.7 Å². The van der Waals surface area contributed by atoms with Gasteiger partial charge in [0.15, 0.2) is 0 Å². The Morgan fingerprint density at radius 2 is 2.04 bits per heavy atom. The zero-order valence-corrected chi connectivity index (χ0v) is 12.7. The number of carbonyl (C=O) groups is 1. The van der Waals surface area contributed by atoms with Crippen LogP contribution >= 0.6 is 0 Å². The lowest BCUT2D eigenvalue weighted by atomic mass is 9.73. The average Bonchev–Trinajstić information content (AvgIpc) is 2.92. The number of carbonyl (C=O) groups excluding carboxylic acids is 1. The molecule has 1 aromatic heterocycles. The number of alkyl halides is 3. The molecule has 2 heterocycles. The van der Waals surface area contributed by atoms with E-state index >= 15 is 0 Å². The summed E-state index contributed by atoms with van der Waals surface area (Å²) in [7, 11) is 0. The third-order valence-electron chi connectivity index (χ3n) is 4.82. The Labute approximate surface area is 132 Å². The molecule has 8 heteroatoms. The fourth-order valence-corrected chi connectivity index (χ4v) is 3.30. The molecule has 0 bridgehead atoms. The van der Waals surface area contributed by atoms with Crippen LogP contribution in [0.25, 0.3) is 0 Å². The molecule has 2 aliphatic rings. The Balaban J connectivity index is 1.49. The maximum Gasteiger partial charge on any atom is 0.452 e. The van der Waals surface area contributed by atoms with Gasteiger partial charge in [0.05, 0.1) is 6.54 Å². The molecular weight excluding hydrogens is 311 g/mol. The normalized spacial score (nSPS) is 22.7. The summed E-state index contributed by atoms with van der Waals surface area (Å²) in [5, 5.41) is 5.96. The van der Waals surface area contributed by atoms with Gasteiger partial charge in [-0.25, -0.2) is 4.79 Å². The first kappa shape index (κ1) is 16.1. The highest BCUT2D eigenvalue weighted by atomic mass is 19.4. The van der Waals surface area contributed by atoms with Crippen LogP contribution in [0.4, 0.5) is 18.0 Å².